The molecule has 0 aliphatic rings. The molecule has 0 unspecified atom stereocenters. The summed E-state index contributed by atoms with van der Waals surface area (Å²) in [6.45, 7) is 0. The Morgan fingerprint density at radius 1 is 0.280 bits per heavy atom. The molecular formula is C89H47N7O2S2. The van der Waals surface area contributed by atoms with Crippen molar-refractivity contribution in [2.75, 3.05) is 0 Å². The number of nitrogens with zero attached hydrogens (tertiary/aromatic N) is 7. The molecule has 11 heteroatoms. The van der Waals surface area contributed by atoms with Gasteiger partial charge in [-0.2, -0.15) is 0 Å². The molecular weight excluding hydrogens is 1260 g/mol. The summed E-state index contributed by atoms with van der Waals surface area (Å²) in [5.74, 6) is 1.18. The molecule has 0 aliphatic carbocycles. The van der Waals surface area contributed by atoms with Crippen LogP contribution in [-0.2, 0) is 0 Å². The molecule has 23 rings (SSSR count). The van der Waals surface area contributed by atoms with E-state index in [4.69, 9.17) is 28.8 Å². The third-order valence-electron chi connectivity index (χ3n) is 20.8. The van der Waals surface area contributed by atoms with E-state index >= 15 is 0 Å². The maximum atomic E-state index is 7.37. The van der Waals surface area contributed by atoms with Crippen LogP contribution in [0.25, 0.3) is 228 Å². The number of hydrogen-bond donors (Lipinski definition) is 0. The van der Waals surface area contributed by atoms with E-state index < -0.39 is 0 Å². The molecule has 0 saturated heterocycles. The maximum Gasteiger partial charge on any atom is 0.235 e. The van der Waals surface area contributed by atoms with Gasteiger partial charge in [0.05, 0.1) is 55.6 Å². The van der Waals surface area contributed by atoms with E-state index in [1.54, 1.807) is 0 Å². The molecule has 0 radical (unpaired) electrons. The Morgan fingerprint density at radius 2 is 0.790 bits per heavy atom. The SMILES string of the molecule is c1ccc(-c2ccc(-c3nc(-n4c5ccccc5c5c6oc7ccc(-c8ccc(-c9nc(-n%10c%11ccccc%11c%11c%12sc%13ccccc%13c%12c%12c(ccc%13sc%14ccccc%14c%13%12)c%11%10)nc%10ccccc9%10)cc8)cc7c6c6c(ccc7oc8ccccc8c76)c54)nc4ccccc34)cc2)nc1. The predicted molar refractivity (Wildman–Crippen MR) is 416 cm³/mol. The van der Waals surface area contributed by atoms with Crippen LogP contribution in [0.5, 0.6) is 0 Å². The van der Waals surface area contributed by atoms with Crippen molar-refractivity contribution in [3.63, 3.8) is 0 Å². The van der Waals surface area contributed by atoms with Gasteiger partial charge in [-0.1, -0.05) is 194 Å². The first kappa shape index (κ1) is 54.2. The Morgan fingerprint density at radius 3 is 1.47 bits per heavy atom. The first-order chi connectivity index (χ1) is 49.6. The monoisotopic (exact) mass is 1310 g/mol. The van der Waals surface area contributed by atoms with Crippen LogP contribution in [0.4, 0.5) is 0 Å². The number of benzene rings is 14. The Balaban J connectivity index is 0.720. The van der Waals surface area contributed by atoms with Crippen molar-refractivity contribution in [1.29, 1.82) is 0 Å². The lowest BCUT2D eigenvalue weighted by Gasteiger charge is -2.14. The fourth-order valence-electron chi connectivity index (χ4n) is 16.5. The van der Waals surface area contributed by atoms with E-state index in [0.717, 1.165) is 154 Å². The number of aromatic nitrogens is 7. The highest BCUT2D eigenvalue weighted by Gasteiger charge is 2.30. The number of para-hydroxylation sites is 5. The van der Waals surface area contributed by atoms with E-state index in [2.05, 4.69) is 263 Å². The first-order valence-electron chi connectivity index (χ1n) is 33.5. The number of rotatable bonds is 6. The van der Waals surface area contributed by atoms with E-state index in [1.807, 2.05) is 59.2 Å². The van der Waals surface area contributed by atoms with Gasteiger partial charge in [-0.15, -0.1) is 22.7 Å². The average molecular weight is 1310 g/mol. The molecule has 9 aromatic heterocycles. The molecule has 0 saturated carbocycles. The lowest BCUT2D eigenvalue weighted by atomic mass is 9.94. The Bertz CT molecular complexity index is 7530. The molecule has 14 aromatic carbocycles. The van der Waals surface area contributed by atoms with Crippen molar-refractivity contribution in [3.8, 4) is 56.8 Å². The van der Waals surface area contributed by atoms with E-state index in [1.165, 1.54) is 61.9 Å². The van der Waals surface area contributed by atoms with Crippen LogP contribution < -0.4 is 0 Å². The predicted octanol–water partition coefficient (Wildman–Crippen LogP) is 24.7. The van der Waals surface area contributed by atoms with Crippen LogP contribution in [0, 0.1) is 0 Å². The highest BCUT2D eigenvalue weighted by atomic mass is 32.1. The molecule has 23 aromatic rings. The summed E-state index contributed by atoms with van der Waals surface area (Å²) in [5.41, 5.74) is 16.7. The molecule has 0 N–H and O–H groups in total. The van der Waals surface area contributed by atoms with Gasteiger partial charge >= 0.3 is 0 Å². The number of hydrogen-bond acceptors (Lipinski definition) is 9. The van der Waals surface area contributed by atoms with Crippen molar-refractivity contribution >= 4 is 194 Å². The van der Waals surface area contributed by atoms with Crippen molar-refractivity contribution < 1.29 is 8.83 Å². The van der Waals surface area contributed by atoms with Gasteiger partial charge in [-0.25, -0.2) is 19.9 Å². The lowest BCUT2D eigenvalue weighted by Crippen LogP contribution is -2.04. The van der Waals surface area contributed by atoms with E-state index in [0.29, 0.717) is 11.9 Å². The summed E-state index contributed by atoms with van der Waals surface area (Å²) in [6.07, 6.45) is 1.83. The summed E-state index contributed by atoms with van der Waals surface area (Å²) < 4.78 is 23.8. The zero-order chi connectivity index (χ0) is 65.0. The Kier molecular flexibility index (Phi) is 11.0. The van der Waals surface area contributed by atoms with Gasteiger partial charge in [-0.05, 0) is 96.1 Å². The topological polar surface area (TPSA) is 101 Å². The van der Waals surface area contributed by atoms with Gasteiger partial charge in [0.2, 0.25) is 11.9 Å². The van der Waals surface area contributed by atoms with Crippen molar-refractivity contribution in [3.05, 3.63) is 285 Å². The molecule has 0 amide bonds. The summed E-state index contributed by atoms with van der Waals surface area (Å²) in [6, 6.07) is 99.3. The zero-order valence-electron chi connectivity index (χ0n) is 52.9. The minimum Gasteiger partial charge on any atom is -0.456 e. The molecule has 462 valence electrons. The van der Waals surface area contributed by atoms with Gasteiger partial charge in [0, 0.05) is 133 Å². The molecule has 100 heavy (non-hydrogen) atoms. The highest BCUT2D eigenvalue weighted by molar-refractivity contribution is 7.27. The highest BCUT2D eigenvalue weighted by Crippen LogP contribution is 2.54. The fourth-order valence-corrected chi connectivity index (χ4v) is 18.9. The van der Waals surface area contributed by atoms with E-state index in [9.17, 15) is 0 Å². The van der Waals surface area contributed by atoms with Crippen molar-refractivity contribution in [2.45, 2.75) is 0 Å². The van der Waals surface area contributed by atoms with E-state index in [-0.39, 0.29) is 0 Å². The third-order valence-corrected chi connectivity index (χ3v) is 23.1. The number of thiophene rings is 2. The Hall–Kier alpha value is -12.9. The minimum absolute atomic E-state index is 0.558. The van der Waals surface area contributed by atoms with Crippen LogP contribution in [0.3, 0.4) is 0 Å². The molecule has 0 atom stereocenters. The second-order valence-corrected chi connectivity index (χ2v) is 28.2. The van der Waals surface area contributed by atoms with Gasteiger partial charge < -0.3 is 8.83 Å². The molecule has 0 fully saturated rings. The van der Waals surface area contributed by atoms with Gasteiger partial charge in [-0.3, -0.25) is 14.1 Å². The standard InChI is InChI=1S/C89H47N7O2S2/c1-9-26-65-53(17-1)82(94-89(92-65)96-67-28-11-4-20-56(67)81-85(96)61-42-45-73-75(58-22-6-13-30-71(58)99-73)77(61)79-59-23-7-14-31-72(59)100-87(79)81)50-36-32-48(33-37-50)52-40-43-69-62(47-52)78-76-60(41-44-70-74(76)57-21-5-12-29-68(57)97-70)84-80(86(78)98-69)55-19-3-10-27-66(55)95(84)88-91-64-25-8-2-18-54(64)83(93-88)51-38-34-49(35-39-51)63-24-15-16-46-90-63/h1-47H. The molecule has 0 bridgehead atoms. The summed E-state index contributed by atoms with van der Waals surface area (Å²) in [4.78, 5) is 26.9. The van der Waals surface area contributed by atoms with Gasteiger partial charge in [0.25, 0.3) is 0 Å². The second kappa shape index (κ2) is 20.3. The van der Waals surface area contributed by atoms with Crippen molar-refractivity contribution in [2.24, 2.45) is 0 Å². The average Bonchev–Trinajstić information content (AvgIpc) is 1.52. The molecule has 0 aliphatic heterocycles. The minimum atomic E-state index is 0.558. The van der Waals surface area contributed by atoms with Crippen LogP contribution in [-0.4, -0.2) is 34.1 Å². The number of fused-ring (bicyclic) bond motifs is 30. The summed E-state index contributed by atoms with van der Waals surface area (Å²) in [7, 11) is 0. The van der Waals surface area contributed by atoms with Crippen LogP contribution in [0.15, 0.2) is 294 Å². The van der Waals surface area contributed by atoms with Crippen LogP contribution in [0.1, 0.15) is 0 Å². The van der Waals surface area contributed by atoms with Crippen LogP contribution >= 0.6 is 22.7 Å². The number of furan rings is 2. The molecule has 0 spiro atoms. The normalized spacial score (nSPS) is 12.4. The second-order valence-electron chi connectivity index (χ2n) is 26.0. The van der Waals surface area contributed by atoms with Crippen molar-refractivity contribution in [1.82, 2.24) is 34.1 Å². The molecule has 9 nitrogen and oxygen atoms in total. The largest absolute Gasteiger partial charge is 0.456 e. The van der Waals surface area contributed by atoms with Gasteiger partial charge in [0.15, 0.2) is 0 Å². The zero-order valence-corrected chi connectivity index (χ0v) is 54.5. The summed E-state index contributed by atoms with van der Waals surface area (Å²) >= 11 is 3.75. The third kappa shape index (κ3) is 7.50. The maximum absolute atomic E-state index is 7.37. The smallest absolute Gasteiger partial charge is 0.235 e. The quantitative estimate of drug-likeness (QED) is 0.163. The lowest BCUT2D eigenvalue weighted by molar-refractivity contribution is 0.669. The van der Waals surface area contributed by atoms with Gasteiger partial charge in [0.1, 0.15) is 22.3 Å². The number of pyridine rings is 1. The fraction of sp³-hybridized carbons (Fsp3) is 0. The first-order valence-corrected chi connectivity index (χ1v) is 35.2. The Labute approximate surface area is 574 Å². The van der Waals surface area contributed by atoms with Crippen LogP contribution in [0.2, 0.25) is 0 Å². The summed E-state index contributed by atoms with van der Waals surface area (Å²) in [5, 5.41) is 20.1. The molecule has 9 heterocycles.